The molecule has 5 rings (SSSR count). The fourth-order valence-corrected chi connectivity index (χ4v) is 12.8. The van der Waals surface area contributed by atoms with Gasteiger partial charge >= 0.3 is 0 Å². The van der Waals surface area contributed by atoms with E-state index in [4.69, 9.17) is 0 Å². The number of fused-ring (bicyclic) bond motifs is 3. The molecule has 2 amide bonds. The average molecular weight is 732 g/mol. The Kier molecular flexibility index (Phi) is 13.3. The summed E-state index contributed by atoms with van der Waals surface area (Å²) in [5, 5.41) is 2.12. The first-order valence-electron chi connectivity index (χ1n) is 20.3. The molecule has 11 heteroatoms. The van der Waals surface area contributed by atoms with Gasteiger partial charge in [-0.1, -0.05) is 85.0 Å². The average Bonchev–Trinajstić information content (AvgIpc) is 3.38. The smallest absolute Gasteiger partial charge is 0.287 e. The Morgan fingerprint density at radius 2 is 1.51 bits per heavy atom. The zero-order valence-electron chi connectivity index (χ0n) is 31.9. The second kappa shape index (κ2) is 16.9. The van der Waals surface area contributed by atoms with Gasteiger partial charge in [-0.15, -0.1) is 0 Å². The van der Waals surface area contributed by atoms with Crippen LogP contribution in [0.3, 0.4) is 0 Å². The molecule has 3 heterocycles. The molecule has 3 saturated heterocycles. The summed E-state index contributed by atoms with van der Waals surface area (Å²) in [6.07, 6.45) is 12.8. The van der Waals surface area contributed by atoms with Crippen molar-refractivity contribution < 1.29 is 32.4 Å². The number of carbonyl (C=O) groups is 5. The number of hydrogen-bond acceptors (Lipinski definition) is 8. The topological polar surface area (TPSA) is 138 Å². The van der Waals surface area contributed by atoms with Gasteiger partial charge in [-0.3, -0.25) is 24.0 Å². The minimum absolute atomic E-state index is 0.00661. The number of hydrogen-bond donors (Lipinski definition) is 1. The summed E-state index contributed by atoms with van der Waals surface area (Å²) in [6.45, 7) is 8.02. The molecule has 0 aromatic carbocycles. The highest BCUT2D eigenvalue weighted by atomic mass is 32.2. The molecule has 2 aliphatic carbocycles. The minimum atomic E-state index is -3.35. The number of ketones is 3. The number of rotatable bonds is 9. The van der Waals surface area contributed by atoms with Gasteiger partial charge in [-0.05, 0) is 61.8 Å². The van der Waals surface area contributed by atoms with E-state index in [0.717, 1.165) is 64.2 Å². The van der Waals surface area contributed by atoms with Crippen LogP contribution in [0.5, 0.6) is 0 Å². The summed E-state index contributed by atoms with van der Waals surface area (Å²) in [5.74, 6) is -2.49. The van der Waals surface area contributed by atoms with Crippen molar-refractivity contribution in [3.05, 3.63) is 0 Å². The summed E-state index contributed by atoms with van der Waals surface area (Å²) < 4.78 is 27.0. The van der Waals surface area contributed by atoms with Crippen LogP contribution in [0.25, 0.3) is 0 Å². The van der Waals surface area contributed by atoms with Gasteiger partial charge in [0.2, 0.25) is 11.7 Å². The maximum absolute atomic E-state index is 14.6. The predicted octanol–water partition coefficient (Wildman–Crippen LogP) is 5.31. The van der Waals surface area contributed by atoms with Gasteiger partial charge in [-0.25, -0.2) is 8.42 Å². The Hall–Kier alpha value is -2.14. The lowest BCUT2D eigenvalue weighted by molar-refractivity contribution is -0.146. The van der Waals surface area contributed by atoms with Crippen molar-refractivity contribution in [1.82, 2.24) is 15.1 Å². The van der Waals surface area contributed by atoms with E-state index in [2.05, 4.69) is 24.1 Å². The lowest BCUT2D eigenvalue weighted by Crippen LogP contribution is -2.54. The molecule has 0 spiro atoms. The number of amides is 2. The van der Waals surface area contributed by atoms with E-state index >= 15 is 0 Å². The molecule has 288 valence electrons. The van der Waals surface area contributed by atoms with Gasteiger partial charge in [0.25, 0.3) is 5.91 Å². The number of carbonyl (C=O) groups excluding carboxylic acids is 5. The third-order valence-electron chi connectivity index (χ3n) is 13.6. The summed E-state index contributed by atoms with van der Waals surface area (Å²) in [6, 6.07) is -0.662. The van der Waals surface area contributed by atoms with E-state index in [1.807, 2.05) is 14.0 Å². The molecule has 5 aliphatic rings. The highest BCUT2D eigenvalue weighted by molar-refractivity contribution is 7.92. The molecule has 0 bridgehead atoms. The molecular formula is C40H65N3O7S. The quantitative estimate of drug-likeness (QED) is 0.315. The van der Waals surface area contributed by atoms with Crippen LogP contribution in [0, 0.1) is 34.5 Å². The summed E-state index contributed by atoms with van der Waals surface area (Å²) in [5.41, 5.74) is -0.708. The molecular weight excluding hydrogens is 667 g/mol. The second-order valence-electron chi connectivity index (χ2n) is 17.6. The van der Waals surface area contributed by atoms with Crippen LogP contribution in [0.1, 0.15) is 136 Å². The molecule has 6 atom stereocenters. The molecule has 3 aliphatic heterocycles. The molecule has 0 aromatic rings. The first-order chi connectivity index (χ1) is 24.2. The molecule has 10 nitrogen and oxygen atoms in total. The van der Waals surface area contributed by atoms with Crippen LogP contribution < -0.4 is 5.32 Å². The first kappa shape index (κ1) is 40.1. The number of nitrogens with zero attached hydrogens (tertiary/aromatic N) is 2. The Morgan fingerprint density at radius 1 is 0.882 bits per heavy atom. The zero-order chi connectivity index (χ0) is 37.0. The second-order valence-corrected chi connectivity index (χ2v) is 19.9. The molecule has 1 N–H and O–H groups in total. The van der Waals surface area contributed by atoms with Crippen molar-refractivity contribution >= 4 is 39.0 Å². The monoisotopic (exact) mass is 731 g/mol. The van der Waals surface area contributed by atoms with Crippen LogP contribution in [0.2, 0.25) is 0 Å². The molecule has 0 unspecified atom stereocenters. The van der Waals surface area contributed by atoms with Gasteiger partial charge in [0.1, 0.15) is 5.78 Å². The maximum atomic E-state index is 14.6. The minimum Gasteiger partial charge on any atom is -0.350 e. The molecule has 2 saturated carbocycles. The Balaban J connectivity index is 1.38. The van der Waals surface area contributed by atoms with Crippen LogP contribution in [-0.2, 0) is 33.8 Å². The van der Waals surface area contributed by atoms with Gasteiger partial charge < -0.3 is 15.1 Å². The van der Waals surface area contributed by atoms with Gasteiger partial charge in [0.05, 0.1) is 17.0 Å². The number of Topliss-reactive ketones (excluding diaryl/α,β-unsaturated/α-hetero) is 3. The zero-order valence-corrected chi connectivity index (χ0v) is 32.7. The summed E-state index contributed by atoms with van der Waals surface area (Å²) in [4.78, 5) is 73.1. The molecule has 0 aromatic heterocycles. The Bertz CT molecular complexity index is 1400. The van der Waals surface area contributed by atoms with Crippen molar-refractivity contribution in [2.45, 2.75) is 148 Å². The number of nitrogens with one attached hydrogen (secondary N) is 1. The molecule has 5 fully saturated rings. The van der Waals surface area contributed by atoms with Crippen LogP contribution in [0.4, 0.5) is 0 Å². The fourth-order valence-electron chi connectivity index (χ4n) is 10.4. The third-order valence-corrected chi connectivity index (χ3v) is 15.8. The standard InChI is InChI=1S/C40H65N3O7S/c1-5-20-41-37(47)36(46)28-16-12-9-7-6-8-10-13-17-29(38(48)43-26-31-34(39(31,2)3)35(43)32(45)24-28)23-30(44)25-40(18-14-11-15-19-40)33-27-42(4)21-22-51(33,49)50/h28-29,31,33-35H,5-27H2,1-4H3,(H,41,47)/t28-,29-,31+,33-,34+,35-/m1/s1. The van der Waals surface area contributed by atoms with Crippen molar-refractivity contribution in [2.24, 2.45) is 34.5 Å². The van der Waals surface area contributed by atoms with Gasteiger partial charge in [0.15, 0.2) is 15.6 Å². The molecule has 0 radical (unpaired) electrons. The van der Waals surface area contributed by atoms with Gasteiger partial charge in [0, 0.05) is 57.3 Å². The fraction of sp³-hybridized carbons (Fsp3) is 0.875. The van der Waals surface area contributed by atoms with E-state index in [1.54, 1.807) is 4.90 Å². The molecule has 51 heavy (non-hydrogen) atoms. The lowest BCUT2D eigenvalue weighted by Gasteiger charge is -2.46. The van der Waals surface area contributed by atoms with Crippen molar-refractivity contribution in [1.29, 1.82) is 0 Å². The Labute approximate surface area is 306 Å². The maximum Gasteiger partial charge on any atom is 0.287 e. The van der Waals surface area contributed by atoms with Crippen molar-refractivity contribution in [3.8, 4) is 0 Å². The third kappa shape index (κ3) is 9.15. The van der Waals surface area contributed by atoms with Crippen LogP contribution in [-0.4, -0.2) is 97.7 Å². The van der Waals surface area contributed by atoms with Crippen molar-refractivity contribution in [2.75, 3.05) is 39.0 Å². The SMILES string of the molecule is CCCNC(=O)C(=O)[C@@H]1CCCCCCCCC[C@H](CC(=O)CC2([C@H]3CN(C)CCS3(=O)=O)CCCCC2)C(=O)N2C[C@H]3[C@@H]([C@H]2C(=O)C1)C3(C)C. The van der Waals surface area contributed by atoms with Crippen LogP contribution in [0.15, 0.2) is 0 Å². The lowest BCUT2D eigenvalue weighted by atomic mass is 9.67. The summed E-state index contributed by atoms with van der Waals surface area (Å²) >= 11 is 0. The number of sulfone groups is 1. The highest BCUT2D eigenvalue weighted by Gasteiger charge is 2.69. The van der Waals surface area contributed by atoms with Crippen molar-refractivity contribution in [3.63, 3.8) is 0 Å². The normalized spacial score (nSPS) is 33.1. The number of piperidine rings is 1. The van der Waals surface area contributed by atoms with Gasteiger partial charge in [-0.2, -0.15) is 0 Å². The van der Waals surface area contributed by atoms with E-state index in [9.17, 15) is 32.4 Å². The van der Waals surface area contributed by atoms with E-state index < -0.39 is 50.1 Å². The largest absolute Gasteiger partial charge is 0.350 e. The van der Waals surface area contributed by atoms with E-state index in [-0.39, 0.29) is 59.7 Å². The van der Waals surface area contributed by atoms with E-state index in [1.165, 1.54) is 0 Å². The summed E-state index contributed by atoms with van der Waals surface area (Å²) in [7, 11) is -1.40. The highest BCUT2D eigenvalue weighted by Crippen LogP contribution is 2.65. The first-order valence-corrected chi connectivity index (χ1v) is 22.0. The van der Waals surface area contributed by atoms with E-state index in [0.29, 0.717) is 58.3 Å². The van der Waals surface area contributed by atoms with Crippen LogP contribution >= 0.6 is 0 Å². The Morgan fingerprint density at radius 3 is 2.18 bits per heavy atom. The predicted molar refractivity (Wildman–Crippen MR) is 198 cm³/mol.